The van der Waals surface area contributed by atoms with E-state index in [2.05, 4.69) is 54.8 Å². The highest BCUT2D eigenvalue weighted by atomic mass is 16.5. The minimum atomic E-state index is 0.225. The van der Waals surface area contributed by atoms with Gasteiger partial charge >= 0.3 is 0 Å². The van der Waals surface area contributed by atoms with Crippen molar-refractivity contribution in [3.05, 3.63) is 24.3 Å². The summed E-state index contributed by atoms with van der Waals surface area (Å²) in [7, 11) is 0. The summed E-state index contributed by atoms with van der Waals surface area (Å²) in [5, 5.41) is 0. The van der Waals surface area contributed by atoms with Crippen molar-refractivity contribution in [1.29, 1.82) is 0 Å². The third-order valence-corrected chi connectivity index (χ3v) is 3.48. The van der Waals surface area contributed by atoms with Crippen LogP contribution >= 0.6 is 0 Å². The van der Waals surface area contributed by atoms with Gasteiger partial charge in [-0.15, -0.1) is 0 Å². The minimum Gasteiger partial charge on any atom is -0.489 e. The lowest BCUT2D eigenvalue weighted by Crippen LogP contribution is -2.46. The van der Waals surface area contributed by atoms with Gasteiger partial charge in [0.1, 0.15) is 5.75 Å². The van der Waals surface area contributed by atoms with Crippen LogP contribution in [0.3, 0.4) is 0 Å². The quantitative estimate of drug-likeness (QED) is 0.811. The predicted molar refractivity (Wildman–Crippen MR) is 81.2 cm³/mol. The van der Waals surface area contributed by atoms with Crippen LogP contribution in [0.4, 0.5) is 5.69 Å². The maximum Gasteiger partial charge on any atom is 0.142 e. The number of ether oxygens (including phenoxy) is 1. The van der Waals surface area contributed by atoms with E-state index >= 15 is 0 Å². The number of para-hydroxylation sites is 2. The lowest BCUT2D eigenvalue weighted by molar-refractivity contribution is 0.238. The first kappa shape index (κ1) is 14.2. The minimum absolute atomic E-state index is 0.225. The third kappa shape index (κ3) is 3.87. The molecule has 3 heteroatoms. The van der Waals surface area contributed by atoms with Gasteiger partial charge < -0.3 is 9.64 Å². The molecular formula is C16H26N2O. The fraction of sp³-hybridized carbons (Fsp3) is 0.625. The van der Waals surface area contributed by atoms with Gasteiger partial charge in [0.05, 0.1) is 11.8 Å². The molecule has 0 spiro atoms. The van der Waals surface area contributed by atoms with Crippen LogP contribution in [0.25, 0.3) is 0 Å². The molecule has 1 saturated heterocycles. The Morgan fingerprint density at radius 1 is 1.11 bits per heavy atom. The molecule has 1 aromatic rings. The van der Waals surface area contributed by atoms with Gasteiger partial charge in [-0.1, -0.05) is 19.1 Å². The molecule has 19 heavy (non-hydrogen) atoms. The first-order chi connectivity index (χ1) is 9.20. The Labute approximate surface area is 117 Å². The van der Waals surface area contributed by atoms with Crippen molar-refractivity contribution in [2.75, 3.05) is 37.6 Å². The maximum atomic E-state index is 5.92. The third-order valence-electron chi connectivity index (χ3n) is 3.48. The highest BCUT2D eigenvalue weighted by molar-refractivity contribution is 5.58. The zero-order valence-corrected chi connectivity index (χ0v) is 12.4. The molecule has 0 unspecified atom stereocenters. The first-order valence-electron chi connectivity index (χ1n) is 7.43. The summed E-state index contributed by atoms with van der Waals surface area (Å²) in [4.78, 5) is 4.99. The normalized spacial score (nSPS) is 16.9. The molecule has 0 saturated carbocycles. The van der Waals surface area contributed by atoms with E-state index in [1.54, 1.807) is 0 Å². The number of piperazine rings is 1. The van der Waals surface area contributed by atoms with Crippen molar-refractivity contribution in [3.63, 3.8) is 0 Å². The van der Waals surface area contributed by atoms with Crippen LogP contribution in [-0.4, -0.2) is 43.7 Å². The van der Waals surface area contributed by atoms with Crippen LogP contribution in [0.15, 0.2) is 24.3 Å². The average Bonchev–Trinajstić information content (AvgIpc) is 2.40. The lowest BCUT2D eigenvalue weighted by Gasteiger charge is -2.36. The molecule has 0 amide bonds. The molecule has 1 aromatic carbocycles. The molecule has 1 aliphatic heterocycles. The van der Waals surface area contributed by atoms with E-state index in [1.165, 1.54) is 18.7 Å². The standard InChI is InChI=1S/C16H26N2O/c1-4-9-17-10-12-18(13-11-17)15-7-5-6-8-16(15)19-14(2)3/h5-8,14H,4,9-13H2,1-3H3. The van der Waals surface area contributed by atoms with E-state index < -0.39 is 0 Å². The van der Waals surface area contributed by atoms with E-state index in [9.17, 15) is 0 Å². The Balaban J connectivity index is 2.02. The Hall–Kier alpha value is -1.22. The van der Waals surface area contributed by atoms with Gasteiger partial charge in [-0.25, -0.2) is 0 Å². The van der Waals surface area contributed by atoms with Crippen LogP contribution in [0, 0.1) is 0 Å². The van der Waals surface area contributed by atoms with Gasteiger partial charge in [-0.05, 0) is 38.9 Å². The molecule has 1 heterocycles. The molecule has 1 aliphatic rings. The van der Waals surface area contributed by atoms with E-state index in [-0.39, 0.29) is 6.10 Å². The fourth-order valence-electron chi connectivity index (χ4n) is 2.60. The molecule has 0 bridgehead atoms. The Morgan fingerprint density at radius 3 is 2.42 bits per heavy atom. The molecular weight excluding hydrogens is 236 g/mol. The van der Waals surface area contributed by atoms with Crippen LogP contribution in [-0.2, 0) is 0 Å². The smallest absolute Gasteiger partial charge is 0.142 e. The van der Waals surface area contributed by atoms with E-state index in [0.717, 1.165) is 31.9 Å². The summed E-state index contributed by atoms with van der Waals surface area (Å²) in [6, 6.07) is 8.40. The molecule has 0 atom stereocenters. The summed E-state index contributed by atoms with van der Waals surface area (Å²) in [6.07, 6.45) is 1.47. The topological polar surface area (TPSA) is 15.7 Å². The molecule has 1 fully saturated rings. The highest BCUT2D eigenvalue weighted by Crippen LogP contribution is 2.29. The molecule has 0 radical (unpaired) electrons. The summed E-state index contributed by atoms with van der Waals surface area (Å²) in [6.45, 7) is 12.1. The predicted octanol–water partition coefficient (Wildman–Crippen LogP) is 3.01. The summed E-state index contributed by atoms with van der Waals surface area (Å²) in [5.74, 6) is 1.02. The van der Waals surface area contributed by atoms with Crippen LogP contribution in [0.1, 0.15) is 27.2 Å². The second kappa shape index (κ2) is 6.80. The van der Waals surface area contributed by atoms with E-state index in [4.69, 9.17) is 4.74 Å². The van der Waals surface area contributed by atoms with Crippen molar-refractivity contribution in [3.8, 4) is 5.75 Å². The summed E-state index contributed by atoms with van der Waals surface area (Å²) in [5.41, 5.74) is 1.24. The van der Waals surface area contributed by atoms with E-state index in [0.29, 0.717) is 0 Å². The summed E-state index contributed by atoms with van der Waals surface area (Å²) >= 11 is 0. The number of benzene rings is 1. The SMILES string of the molecule is CCCN1CCN(c2ccccc2OC(C)C)CC1. The van der Waals surface area contributed by atoms with Crippen molar-refractivity contribution in [2.24, 2.45) is 0 Å². The van der Waals surface area contributed by atoms with Crippen LogP contribution in [0.2, 0.25) is 0 Å². The average molecular weight is 262 g/mol. The molecule has 0 aliphatic carbocycles. The molecule has 0 N–H and O–H groups in total. The Bertz CT molecular complexity index is 384. The fourth-order valence-corrected chi connectivity index (χ4v) is 2.60. The van der Waals surface area contributed by atoms with Gasteiger partial charge in [0.25, 0.3) is 0 Å². The van der Waals surface area contributed by atoms with Crippen molar-refractivity contribution in [2.45, 2.75) is 33.3 Å². The molecule has 2 rings (SSSR count). The van der Waals surface area contributed by atoms with Crippen LogP contribution < -0.4 is 9.64 Å². The van der Waals surface area contributed by atoms with Crippen molar-refractivity contribution < 1.29 is 4.74 Å². The molecule has 106 valence electrons. The second-order valence-corrected chi connectivity index (χ2v) is 5.46. The van der Waals surface area contributed by atoms with Gasteiger partial charge in [0, 0.05) is 26.2 Å². The first-order valence-corrected chi connectivity index (χ1v) is 7.43. The van der Waals surface area contributed by atoms with Gasteiger partial charge in [-0.2, -0.15) is 0 Å². The Kier molecular flexibility index (Phi) is 5.08. The lowest BCUT2D eigenvalue weighted by atomic mass is 10.2. The number of hydrogen-bond donors (Lipinski definition) is 0. The number of rotatable bonds is 5. The maximum absolute atomic E-state index is 5.92. The second-order valence-electron chi connectivity index (χ2n) is 5.46. The number of nitrogens with zero attached hydrogens (tertiary/aromatic N) is 2. The van der Waals surface area contributed by atoms with E-state index in [1.807, 2.05) is 0 Å². The van der Waals surface area contributed by atoms with Crippen LogP contribution in [0.5, 0.6) is 5.75 Å². The molecule has 3 nitrogen and oxygen atoms in total. The highest BCUT2D eigenvalue weighted by Gasteiger charge is 2.19. The largest absolute Gasteiger partial charge is 0.489 e. The monoisotopic (exact) mass is 262 g/mol. The Morgan fingerprint density at radius 2 is 1.79 bits per heavy atom. The number of hydrogen-bond acceptors (Lipinski definition) is 3. The van der Waals surface area contributed by atoms with Gasteiger partial charge in [-0.3, -0.25) is 4.90 Å². The van der Waals surface area contributed by atoms with Gasteiger partial charge in [0.15, 0.2) is 0 Å². The zero-order valence-electron chi connectivity index (χ0n) is 12.4. The van der Waals surface area contributed by atoms with Crippen molar-refractivity contribution >= 4 is 5.69 Å². The van der Waals surface area contributed by atoms with Crippen molar-refractivity contribution in [1.82, 2.24) is 4.90 Å². The molecule has 0 aromatic heterocycles. The van der Waals surface area contributed by atoms with Gasteiger partial charge in [0.2, 0.25) is 0 Å². The zero-order chi connectivity index (χ0) is 13.7. The summed E-state index contributed by atoms with van der Waals surface area (Å²) < 4.78 is 5.92. The number of anilines is 1.